The molecule has 812 valence electrons. The number of carbonyl (C=O) groups is 3. The first kappa shape index (κ1) is 113. The maximum absolute atomic E-state index is 12.9. The van der Waals surface area contributed by atoms with Crippen molar-refractivity contribution in [2.24, 2.45) is 0 Å². The molecule has 10 aliphatic rings. The van der Waals surface area contributed by atoms with E-state index in [4.69, 9.17) is 0 Å². The molecule has 6 amide bonds. The van der Waals surface area contributed by atoms with Gasteiger partial charge in [0.2, 0.25) is 0 Å². The van der Waals surface area contributed by atoms with Crippen LogP contribution in [0.25, 0.3) is 45.2 Å². The molecule has 11 aromatic rings. The molecular formula is C111H152F6N24O7S2. The summed E-state index contributed by atoms with van der Waals surface area (Å²) in [6.07, 6.45) is 17.7. The van der Waals surface area contributed by atoms with Crippen molar-refractivity contribution in [1.29, 1.82) is 0 Å². The Morgan fingerprint density at radius 1 is 0.327 bits per heavy atom. The molecule has 0 unspecified atom stereocenters. The third-order valence-corrected chi connectivity index (χ3v) is 32.9. The predicted molar refractivity (Wildman–Crippen MR) is 583 cm³/mol. The van der Waals surface area contributed by atoms with Gasteiger partial charge in [-0.3, -0.25) is 28.7 Å². The number of aromatic amines is 4. The largest absolute Gasteiger partial charge is 0.416 e. The van der Waals surface area contributed by atoms with E-state index in [2.05, 4.69) is 193 Å². The fourth-order valence-electron chi connectivity index (χ4n) is 21.8. The van der Waals surface area contributed by atoms with Gasteiger partial charge in [0.15, 0.2) is 5.82 Å². The van der Waals surface area contributed by atoms with Crippen molar-refractivity contribution < 1.29 is 40.7 Å². The monoisotopic (exact) mass is 2110 g/mol. The van der Waals surface area contributed by atoms with Crippen molar-refractivity contribution in [3.63, 3.8) is 0 Å². The zero-order valence-electron chi connectivity index (χ0n) is 89.1. The summed E-state index contributed by atoms with van der Waals surface area (Å²) in [7, 11) is 0. The van der Waals surface area contributed by atoms with Crippen LogP contribution in [-0.4, -0.2) is 273 Å². The minimum absolute atomic E-state index is 0.0218. The van der Waals surface area contributed by atoms with E-state index in [9.17, 15) is 59.9 Å². The third-order valence-electron chi connectivity index (χ3n) is 31.3. The lowest BCUT2D eigenvalue weighted by Gasteiger charge is -2.41. The van der Waals surface area contributed by atoms with Crippen LogP contribution >= 0.6 is 22.7 Å². The number of anilines is 3. The van der Waals surface area contributed by atoms with E-state index in [1.165, 1.54) is 23.1 Å². The molecule has 18 heterocycles. The standard InChI is InChI=1S/2C18H22F3N3O.C16H22N4O.2C15H22N4O.C15H21N3OS.C14H21N3OS/c1-12(2)23-9-7-15(8-10-23)24-11-16(22-17(24)25)13-3-5-14(6-4-13)18(19,20)21;1-12(2)23-8-6-15(7-9-23)24-11-16(22-17(24)25)13-4-3-5-14(10-13)18(19,20)21;1-12(2)19-10-8-14(9-11-19)20-16(21)17-15(18-20)13-6-4-3-5-7-13;1-11(2)18-7-4-13(5-8-18)19-10-12-9-16-6-3-14(12)17-15(19)20;1-11(2)18-7-4-13(5-8-18)19-10-12-3-6-16-9-14(12)17-15(19)20;1-11(2)17-6-3-13(4-7-17)18-9-14(16-15(18)19)12-5-8-20-10-12;1-10(2)16-6-3-11(4-7-16)17-9-13-12(5-8-19-13)15-14(17)18/h3-6,11-12,15H,7-10H2,1-2H3,(H,22,25);3-5,10-12,15H,6-9H2,1-2H3,(H,22,25);3-7,12,14H,8-11H2,1-2H3,(H,17,18,21);2*3,6,9,11,13H,4-5,7-8,10H2,1-2H3,(H,17,20);5,8-11,13H,3-4,6-7H2,1-2H3,(H,16,19);5,8,10-11H,3-4,6-7,9H2,1-2H3,(H,15,18). The van der Waals surface area contributed by atoms with Gasteiger partial charge in [0.05, 0.1) is 70.6 Å². The van der Waals surface area contributed by atoms with E-state index in [0.29, 0.717) is 108 Å². The maximum atomic E-state index is 12.9. The highest BCUT2D eigenvalue weighted by atomic mass is 32.1. The molecule has 31 nitrogen and oxygen atoms in total. The molecule has 0 atom stereocenters. The number of H-pyrrole nitrogens is 4. The van der Waals surface area contributed by atoms with Gasteiger partial charge in [-0.15, -0.1) is 16.4 Å². The van der Waals surface area contributed by atoms with Crippen molar-refractivity contribution in [3.05, 3.63) is 232 Å². The first-order valence-corrected chi connectivity index (χ1v) is 55.5. The highest BCUT2D eigenvalue weighted by molar-refractivity contribution is 7.10. The number of halogens is 6. The summed E-state index contributed by atoms with van der Waals surface area (Å²) >= 11 is 3.38. The molecule has 0 spiro atoms. The molecular weight excluding hydrogens is 1960 g/mol. The van der Waals surface area contributed by atoms with Crippen LogP contribution in [0.5, 0.6) is 0 Å². The van der Waals surface area contributed by atoms with Crippen molar-refractivity contribution in [1.82, 2.24) is 102 Å². The Hall–Kier alpha value is -11.6. The number of pyridine rings is 2. The summed E-state index contributed by atoms with van der Waals surface area (Å²) in [5, 5.41) is 19.6. The number of rotatable bonds is 18. The van der Waals surface area contributed by atoms with E-state index in [1.54, 1.807) is 73.5 Å². The zero-order chi connectivity index (χ0) is 107. The number of fused-ring (bicyclic) bond motifs is 3. The lowest BCUT2D eigenvalue weighted by Crippen LogP contribution is -2.51. The van der Waals surface area contributed by atoms with Crippen LogP contribution in [0.15, 0.2) is 182 Å². The zero-order valence-corrected chi connectivity index (χ0v) is 90.8. The predicted octanol–water partition coefficient (Wildman–Crippen LogP) is 20.6. The average Bonchev–Trinajstić information content (AvgIpc) is 1.13. The first-order chi connectivity index (χ1) is 71.7. The second-order valence-electron chi connectivity index (χ2n) is 42.9. The van der Waals surface area contributed by atoms with Gasteiger partial charge in [-0.05, 0) is 257 Å². The van der Waals surface area contributed by atoms with E-state index in [-0.39, 0.29) is 59.0 Å². The summed E-state index contributed by atoms with van der Waals surface area (Å²) in [5.41, 5.74) is 7.95. The van der Waals surface area contributed by atoms with Gasteiger partial charge in [0, 0.05) is 246 Å². The van der Waals surface area contributed by atoms with E-state index in [0.717, 1.165) is 257 Å². The van der Waals surface area contributed by atoms with Crippen LogP contribution in [0.2, 0.25) is 0 Å². The fraction of sp³-hybridized carbons (Fsp3) is 0.550. The van der Waals surface area contributed by atoms with Crippen molar-refractivity contribution in [2.75, 3.05) is 108 Å². The number of hydrogen-bond acceptors (Lipinski definition) is 19. The minimum atomic E-state index is -4.40. The molecule has 39 heteroatoms. The number of urea groups is 3. The number of amides is 6. The molecule has 7 fully saturated rings. The molecule has 7 N–H and O–H groups in total. The van der Waals surface area contributed by atoms with Crippen LogP contribution < -0.4 is 38.7 Å². The lowest BCUT2D eigenvalue weighted by atomic mass is 10.0. The molecule has 7 saturated heterocycles. The molecule has 0 aliphatic carbocycles. The Kier molecular flexibility index (Phi) is 38.4. The Labute approximate surface area is 883 Å². The van der Waals surface area contributed by atoms with Gasteiger partial charge in [-0.25, -0.2) is 38.2 Å². The number of nitrogens with zero attached hydrogens (tertiary/aromatic N) is 17. The number of piperidine rings is 7. The number of benzene rings is 3. The number of alkyl halides is 6. The Balaban J connectivity index is 0.000000131. The molecule has 3 aromatic carbocycles. The van der Waals surface area contributed by atoms with Crippen LogP contribution in [0.4, 0.5) is 57.8 Å². The number of hydrogen-bond donors (Lipinski definition) is 7. The quantitative estimate of drug-likeness (QED) is 0.0393. The summed E-state index contributed by atoms with van der Waals surface area (Å²) in [4.78, 5) is 129. The first-order valence-electron chi connectivity index (χ1n) is 53.6. The highest BCUT2D eigenvalue weighted by Crippen LogP contribution is 2.39. The number of imidazole rings is 3. The van der Waals surface area contributed by atoms with E-state index < -0.39 is 23.5 Å². The number of carbonyl (C=O) groups excluding carboxylic acids is 3. The van der Waals surface area contributed by atoms with E-state index >= 15 is 0 Å². The second kappa shape index (κ2) is 51.2. The summed E-state index contributed by atoms with van der Waals surface area (Å²) in [6, 6.07) is 33.5. The highest BCUT2D eigenvalue weighted by Gasteiger charge is 2.39. The number of nitrogens with one attached hydrogen (secondary N) is 7. The molecule has 0 radical (unpaired) electrons. The number of thiophene rings is 2. The average molecular weight is 2110 g/mol. The molecule has 21 rings (SSSR count). The third kappa shape index (κ3) is 29.1. The van der Waals surface area contributed by atoms with E-state index in [1.807, 2.05) is 91.6 Å². The fourth-order valence-corrected chi connectivity index (χ4v) is 23.3. The smallest absolute Gasteiger partial charge is 0.317 e. The van der Waals surface area contributed by atoms with Gasteiger partial charge in [-0.1, -0.05) is 54.6 Å². The van der Waals surface area contributed by atoms with Crippen molar-refractivity contribution in [3.8, 4) is 45.2 Å². The summed E-state index contributed by atoms with van der Waals surface area (Å²) in [6.45, 7) is 47.5. The molecule has 0 bridgehead atoms. The van der Waals surface area contributed by atoms with Gasteiger partial charge in [0.1, 0.15) is 0 Å². The van der Waals surface area contributed by atoms with Crippen LogP contribution in [-0.2, 0) is 32.0 Å². The second-order valence-corrected chi connectivity index (χ2v) is 44.7. The van der Waals surface area contributed by atoms with Crippen molar-refractivity contribution in [2.45, 2.75) is 303 Å². The van der Waals surface area contributed by atoms with Gasteiger partial charge >= 0.3 is 53.2 Å². The molecule has 0 saturated carbocycles. The number of likely N-dealkylation sites (tertiary alicyclic amines) is 7. The van der Waals surface area contributed by atoms with Crippen LogP contribution in [0.3, 0.4) is 0 Å². The Bertz CT molecular complexity index is 6290. The van der Waals surface area contributed by atoms with Gasteiger partial charge < -0.3 is 79.9 Å². The number of aromatic nitrogens is 11. The lowest BCUT2D eigenvalue weighted by molar-refractivity contribution is -0.138. The summed E-state index contributed by atoms with van der Waals surface area (Å²) < 4.78 is 83.5. The van der Waals surface area contributed by atoms with Gasteiger partial charge in [0.25, 0.3) is 0 Å². The molecule has 150 heavy (non-hydrogen) atoms. The van der Waals surface area contributed by atoms with Crippen LogP contribution in [0.1, 0.15) is 238 Å². The summed E-state index contributed by atoms with van der Waals surface area (Å²) in [5.74, 6) is 0.659. The molecule has 8 aromatic heterocycles. The van der Waals surface area contributed by atoms with Crippen molar-refractivity contribution >= 4 is 57.8 Å². The SMILES string of the molecule is CC(C)N1CCC(N2Cc3ccncc3NC2=O)CC1.CC(C)N1CCC(N2Cc3cnccc3NC2=O)CC1.CC(C)N1CCC(N2Cc3sccc3NC2=O)CC1.CC(C)N1CCC(n2cc(-c3ccc(C(F)(F)F)cc3)[nH]c2=O)CC1.CC(C)N1CCC(n2cc(-c3cccc(C(F)(F)F)c3)[nH]c2=O)CC1.CC(C)N1CCC(n2cc(-c3ccsc3)[nH]c2=O)CC1.CC(C)N1CCC(n2nc(-c3ccccc3)[nH]c2=O)CC1. The molecule has 10 aliphatic heterocycles. The van der Waals surface area contributed by atoms with Crippen LogP contribution in [0, 0.1) is 0 Å². The Morgan fingerprint density at radius 2 is 0.700 bits per heavy atom. The normalized spacial score (nSPS) is 19.0. The van der Waals surface area contributed by atoms with Gasteiger partial charge in [-0.2, -0.15) is 37.7 Å². The maximum Gasteiger partial charge on any atom is 0.416 e. The topological polar surface area (TPSA) is 310 Å². The Morgan fingerprint density at radius 3 is 1.12 bits per heavy atom. The minimum Gasteiger partial charge on any atom is -0.317 e.